The number of hydrogen-bond donors (Lipinski definition) is 2. The minimum absolute atomic E-state index is 0. The number of aliphatic imine (C=N–C) groups is 1. The lowest BCUT2D eigenvalue weighted by Crippen LogP contribution is -2.47. The summed E-state index contributed by atoms with van der Waals surface area (Å²) in [5.74, 6) is 2.79. The van der Waals surface area contributed by atoms with Crippen molar-refractivity contribution in [2.24, 2.45) is 4.99 Å². The molecule has 6 nitrogen and oxygen atoms in total. The van der Waals surface area contributed by atoms with Crippen LogP contribution in [-0.2, 0) is 19.5 Å². The van der Waals surface area contributed by atoms with E-state index in [4.69, 9.17) is 4.99 Å². The molecule has 3 rings (SSSR count). The van der Waals surface area contributed by atoms with Gasteiger partial charge in [-0.05, 0) is 38.0 Å². The van der Waals surface area contributed by atoms with Crippen LogP contribution in [0.4, 0.5) is 0 Å². The van der Waals surface area contributed by atoms with E-state index in [1.807, 2.05) is 23.7 Å². The fourth-order valence-electron chi connectivity index (χ4n) is 2.83. The number of nitrogens with one attached hydrogen (secondary N) is 2. The lowest BCUT2D eigenvalue weighted by Gasteiger charge is -2.25. The molecule has 2 N–H and O–H groups in total. The van der Waals surface area contributed by atoms with Gasteiger partial charge in [0, 0.05) is 23.5 Å². The summed E-state index contributed by atoms with van der Waals surface area (Å²) in [5, 5.41) is 11.3. The Morgan fingerprint density at radius 1 is 1.36 bits per heavy atom. The first kappa shape index (κ1) is 20.2. The van der Waals surface area contributed by atoms with Gasteiger partial charge in [-0.15, -0.1) is 24.0 Å². The predicted octanol–water partition coefficient (Wildman–Crippen LogP) is 3.04. The molecule has 0 radical (unpaired) electrons. The summed E-state index contributed by atoms with van der Waals surface area (Å²) in [4.78, 5) is 9.16. The van der Waals surface area contributed by atoms with Crippen molar-refractivity contribution < 1.29 is 0 Å². The Labute approximate surface area is 174 Å². The molecule has 1 aromatic heterocycles. The molecular weight excluding hydrogens is 495 g/mol. The molecule has 0 amide bonds. The number of rotatable bonds is 4. The van der Waals surface area contributed by atoms with E-state index in [9.17, 15) is 0 Å². The van der Waals surface area contributed by atoms with Crippen molar-refractivity contribution in [3.05, 3.63) is 46.0 Å². The minimum atomic E-state index is 0. The summed E-state index contributed by atoms with van der Waals surface area (Å²) in [7, 11) is 0. The van der Waals surface area contributed by atoms with Crippen LogP contribution in [-0.4, -0.2) is 33.3 Å². The average Bonchev–Trinajstić information content (AvgIpc) is 2.93. The molecule has 1 aliphatic rings. The van der Waals surface area contributed by atoms with Gasteiger partial charge in [-0.25, -0.2) is 14.7 Å². The number of aromatic nitrogens is 3. The van der Waals surface area contributed by atoms with Gasteiger partial charge in [0.2, 0.25) is 0 Å². The summed E-state index contributed by atoms with van der Waals surface area (Å²) in [5.41, 5.74) is 1.19. The van der Waals surface area contributed by atoms with Gasteiger partial charge in [0.1, 0.15) is 11.6 Å². The molecule has 0 fully saturated rings. The molecular formula is C17H24BrIN6. The second-order valence-corrected chi connectivity index (χ2v) is 6.87. The molecule has 0 saturated carbocycles. The molecule has 25 heavy (non-hydrogen) atoms. The number of hydrogen-bond acceptors (Lipinski definition) is 3. The number of guanidine groups is 1. The van der Waals surface area contributed by atoms with Crippen LogP contribution in [0, 0.1) is 6.92 Å². The van der Waals surface area contributed by atoms with Crippen LogP contribution < -0.4 is 10.6 Å². The van der Waals surface area contributed by atoms with Gasteiger partial charge < -0.3 is 10.6 Å². The highest BCUT2D eigenvalue weighted by atomic mass is 127. The van der Waals surface area contributed by atoms with Crippen LogP contribution in [0.5, 0.6) is 0 Å². The standard InChI is InChI=1S/C17H23BrN6.HI/c1-3-19-17(20-10-13-4-6-14(18)7-5-13)22-15-8-9-16-21-12(2)23-24(16)11-15;/h4-7,15H,3,8-11H2,1-2H3,(H2,19,20,22);1H. The van der Waals surface area contributed by atoms with Crippen LogP contribution in [0.1, 0.15) is 30.6 Å². The van der Waals surface area contributed by atoms with Crippen molar-refractivity contribution >= 4 is 45.9 Å². The summed E-state index contributed by atoms with van der Waals surface area (Å²) < 4.78 is 3.09. The Kier molecular flexibility index (Phi) is 7.67. The molecule has 8 heteroatoms. The van der Waals surface area contributed by atoms with Gasteiger partial charge in [0.15, 0.2) is 5.96 Å². The highest BCUT2D eigenvalue weighted by Gasteiger charge is 2.21. The Hall–Kier alpha value is -1.16. The number of aryl methyl sites for hydroxylation is 2. The summed E-state index contributed by atoms with van der Waals surface area (Å²) in [6.45, 7) is 6.35. The van der Waals surface area contributed by atoms with Crippen molar-refractivity contribution in [1.29, 1.82) is 0 Å². The molecule has 1 unspecified atom stereocenters. The quantitative estimate of drug-likeness (QED) is 0.371. The second kappa shape index (κ2) is 9.51. The van der Waals surface area contributed by atoms with Gasteiger partial charge in [-0.2, -0.15) is 5.10 Å². The van der Waals surface area contributed by atoms with E-state index in [0.717, 1.165) is 48.0 Å². The van der Waals surface area contributed by atoms with Crippen LogP contribution in [0.15, 0.2) is 33.7 Å². The average molecular weight is 519 g/mol. The molecule has 0 spiro atoms. The smallest absolute Gasteiger partial charge is 0.191 e. The maximum atomic E-state index is 4.70. The largest absolute Gasteiger partial charge is 0.357 e. The number of fused-ring (bicyclic) bond motifs is 1. The topological polar surface area (TPSA) is 67.1 Å². The van der Waals surface area contributed by atoms with Crippen molar-refractivity contribution in [2.75, 3.05) is 6.54 Å². The molecule has 0 aliphatic carbocycles. The zero-order valence-electron chi connectivity index (χ0n) is 14.5. The Morgan fingerprint density at radius 3 is 2.84 bits per heavy atom. The lowest BCUT2D eigenvalue weighted by molar-refractivity contribution is 0.392. The van der Waals surface area contributed by atoms with Crippen LogP contribution in [0.2, 0.25) is 0 Å². The van der Waals surface area contributed by atoms with E-state index in [2.05, 4.69) is 55.7 Å². The summed E-state index contributed by atoms with van der Waals surface area (Å²) >= 11 is 3.46. The molecule has 1 atom stereocenters. The first-order valence-corrected chi connectivity index (χ1v) is 9.13. The Balaban J connectivity index is 0.00000225. The number of halogens is 2. The van der Waals surface area contributed by atoms with Crippen molar-refractivity contribution in [1.82, 2.24) is 25.4 Å². The lowest BCUT2D eigenvalue weighted by atomic mass is 10.1. The van der Waals surface area contributed by atoms with Crippen LogP contribution in [0.25, 0.3) is 0 Å². The van der Waals surface area contributed by atoms with E-state index in [-0.39, 0.29) is 24.0 Å². The highest BCUT2D eigenvalue weighted by Crippen LogP contribution is 2.13. The number of nitrogens with zero attached hydrogens (tertiary/aromatic N) is 4. The molecule has 0 saturated heterocycles. The predicted molar refractivity (Wildman–Crippen MR) is 114 cm³/mol. The van der Waals surface area contributed by atoms with E-state index in [1.54, 1.807) is 0 Å². The Morgan fingerprint density at radius 2 is 2.12 bits per heavy atom. The summed E-state index contributed by atoms with van der Waals surface area (Å²) in [6.07, 6.45) is 1.99. The summed E-state index contributed by atoms with van der Waals surface area (Å²) in [6, 6.07) is 8.58. The third kappa shape index (κ3) is 5.67. The second-order valence-electron chi connectivity index (χ2n) is 5.96. The van der Waals surface area contributed by atoms with Crippen molar-refractivity contribution in [2.45, 2.75) is 45.8 Å². The van der Waals surface area contributed by atoms with Gasteiger partial charge in [0.25, 0.3) is 0 Å². The molecule has 0 bridgehead atoms. The van der Waals surface area contributed by atoms with E-state index < -0.39 is 0 Å². The van der Waals surface area contributed by atoms with Gasteiger partial charge in [-0.1, -0.05) is 28.1 Å². The van der Waals surface area contributed by atoms with Crippen molar-refractivity contribution in [3.8, 4) is 0 Å². The third-order valence-electron chi connectivity index (χ3n) is 3.98. The van der Waals surface area contributed by atoms with E-state index in [0.29, 0.717) is 12.6 Å². The fourth-order valence-corrected chi connectivity index (χ4v) is 3.09. The van der Waals surface area contributed by atoms with Crippen LogP contribution >= 0.6 is 39.9 Å². The normalized spacial score (nSPS) is 16.8. The highest BCUT2D eigenvalue weighted by molar-refractivity contribution is 14.0. The van der Waals surface area contributed by atoms with Crippen LogP contribution in [0.3, 0.4) is 0 Å². The molecule has 2 aromatic rings. The maximum absolute atomic E-state index is 4.70. The number of benzene rings is 1. The first-order valence-electron chi connectivity index (χ1n) is 8.33. The van der Waals surface area contributed by atoms with Crippen molar-refractivity contribution in [3.63, 3.8) is 0 Å². The van der Waals surface area contributed by atoms with E-state index >= 15 is 0 Å². The molecule has 2 heterocycles. The minimum Gasteiger partial charge on any atom is -0.357 e. The fraction of sp³-hybridized carbons (Fsp3) is 0.471. The maximum Gasteiger partial charge on any atom is 0.191 e. The van der Waals surface area contributed by atoms with E-state index in [1.165, 1.54) is 5.56 Å². The monoisotopic (exact) mass is 518 g/mol. The Bertz CT molecular complexity index is 712. The SMILES string of the molecule is CCNC(=NCc1ccc(Br)cc1)NC1CCc2nc(C)nn2C1.I. The molecule has 136 valence electrons. The zero-order chi connectivity index (χ0) is 16.9. The first-order chi connectivity index (χ1) is 11.6. The zero-order valence-corrected chi connectivity index (χ0v) is 18.4. The molecule has 1 aliphatic heterocycles. The van der Waals surface area contributed by atoms with Gasteiger partial charge in [-0.3, -0.25) is 0 Å². The van der Waals surface area contributed by atoms with Gasteiger partial charge >= 0.3 is 0 Å². The third-order valence-corrected chi connectivity index (χ3v) is 4.51. The van der Waals surface area contributed by atoms with Gasteiger partial charge in [0.05, 0.1) is 13.1 Å². The molecule has 1 aromatic carbocycles.